The van der Waals surface area contributed by atoms with Crippen LogP contribution < -0.4 is 20.5 Å². The zero-order chi connectivity index (χ0) is 20.8. The van der Waals surface area contributed by atoms with Crippen LogP contribution in [0, 0.1) is 0 Å². The molecule has 0 saturated carbocycles. The van der Waals surface area contributed by atoms with Gasteiger partial charge in [-0.2, -0.15) is 0 Å². The molecule has 0 bridgehead atoms. The second kappa shape index (κ2) is 9.18. The van der Waals surface area contributed by atoms with Gasteiger partial charge in [0.2, 0.25) is 0 Å². The van der Waals surface area contributed by atoms with Gasteiger partial charge in [-0.1, -0.05) is 24.3 Å². The highest BCUT2D eigenvalue weighted by molar-refractivity contribution is 6.07. The van der Waals surface area contributed by atoms with Crippen molar-refractivity contribution < 1.29 is 23.0 Å². The molecule has 0 saturated heterocycles. The normalized spacial score (nSPS) is 15.7. The Morgan fingerprint density at radius 1 is 1.14 bits per heavy atom. The van der Waals surface area contributed by atoms with E-state index in [4.69, 9.17) is 15.2 Å². The van der Waals surface area contributed by atoms with Gasteiger partial charge < -0.3 is 20.5 Å². The maximum Gasteiger partial charge on any atom is 0.312 e. The number of benzene rings is 2. The number of nitrogens with two attached hydrogens (primary N) is 1. The van der Waals surface area contributed by atoms with Gasteiger partial charge in [0.15, 0.2) is 0 Å². The number of nitrogens with one attached hydrogen (secondary N) is 1. The maximum absolute atomic E-state index is 13.3. The number of hydrogen-bond acceptors (Lipinski definition) is 4. The summed E-state index contributed by atoms with van der Waals surface area (Å²) in [4.78, 5) is 14.9. The molecular formula is C21H21F2N3O3. The van der Waals surface area contributed by atoms with Crippen molar-refractivity contribution in [3.63, 3.8) is 0 Å². The molecule has 6 nitrogen and oxygen atoms in total. The number of carbonyl (C=O) groups excluding carboxylic acids is 1. The fourth-order valence-corrected chi connectivity index (χ4v) is 2.98. The second-order valence-corrected chi connectivity index (χ2v) is 6.29. The highest BCUT2D eigenvalue weighted by Gasteiger charge is 2.27. The number of hydrogen-bond donors (Lipinski definition) is 2. The summed E-state index contributed by atoms with van der Waals surface area (Å²) in [5.41, 5.74) is 7.01. The van der Waals surface area contributed by atoms with Crippen LogP contribution in [-0.2, 0) is 0 Å². The number of ether oxygens (including phenoxy) is 2. The van der Waals surface area contributed by atoms with Crippen molar-refractivity contribution in [3.05, 3.63) is 65.7 Å². The average molecular weight is 401 g/mol. The third-order valence-electron chi connectivity index (χ3n) is 4.39. The van der Waals surface area contributed by atoms with E-state index < -0.39 is 18.5 Å². The Morgan fingerprint density at radius 2 is 1.79 bits per heavy atom. The zero-order valence-electron chi connectivity index (χ0n) is 15.8. The number of methoxy groups -OCH3 is 1. The lowest BCUT2D eigenvalue weighted by Gasteiger charge is -2.15. The van der Waals surface area contributed by atoms with Crippen LogP contribution in [-0.4, -0.2) is 38.4 Å². The molecule has 152 valence electrons. The lowest BCUT2D eigenvalue weighted by molar-refractivity contribution is 0.226. The van der Waals surface area contributed by atoms with Gasteiger partial charge in [0.05, 0.1) is 13.7 Å². The summed E-state index contributed by atoms with van der Waals surface area (Å²) in [5, 5.41) is 2.43. The van der Waals surface area contributed by atoms with E-state index in [1.54, 1.807) is 43.5 Å². The van der Waals surface area contributed by atoms with Crippen LogP contribution in [0.4, 0.5) is 13.6 Å². The summed E-state index contributed by atoms with van der Waals surface area (Å²) in [6.07, 6.45) is -1.21. The van der Waals surface area contributed by atoms with Crippen LogP contribution >= 0.6 is 0 Å². The Labute approximate surface area is 167 Å². The molecule has 3 rings (SSSR count). The molecule has 29 heavy (non-hydrogen) atoms. The number of primary amides is 1. The lowest BCUT2D eigenvalue weighted by Crippen LogP contribution is -2.32. The Morgan fingerprint density at radius 3 is 2.38 bits per heavy atom. The van der Waals surface area contributed by atoms with E-state index in [1.807, 2.05) is 12.1 Å². The predicted octanol–water partition coefficient (Wildman–Crippen LogP) is 3.59. The molecule has 8 heteroatoms. The molecule has 0 fully saturated rings. The van der Waals surface area contributed by atoms with Crippen LogP contribution in [0.1, 0.15) is 17.2 Å². The lowest BCUT2D eigenvalue weighted by atomic mass is 9.94. The number of aliphatic imine (C=N–C) groups is 1. The van der Waals surface area contributed by atoms with Crippen LogP contribution in [0.3, 0.4) is 0 Å². The first-order chi connectivity index (χ1) is 14.0. The number of alkyl halides is 2. The van der Waals surface area contributed by atoms with E-state index in [9.17, 15) is 13.6 Å². The Balaban J connectivity index is 1.77. The summed E-state index contributed by atoms with van der Waals surface area (Å²) in [6.45, 7) is 0.547. The average Bonchev–Trinajstić information content (AvgIpc) is 3.17. The molecule has 0 spiro atoms. The van der Waals surface area contributed by atoms with Crippen LogP contribution in [0.15, 0.2) is 59.6 Å². The molecule has 2 amide bonds. The van der Waals surface area contributed by atoms with Crippen molar-refractivity contribution in [2.24, 2.45) is 10.7 Å². The number of carbonyl (C=O) groups is 1. The first kappa shape index (κ1) is 20.3. The summed E-state index contributed by atoms with van der Waals surface area (Å²) in [6, 6.07) is 13.1. The van der Waals surface area contributed by atoms with Crippen molar-refractivity contribution in [2.45, 2.75) is 12.5 Å². The molecule has 0 aromatic heterocycles. The molecule has 0 aliphatic carbocycles. The van der Waals surface area contributed by atoms with E-state index in [1.165, 1.54) is 6.08 Å². The molecule has 3 N–H and O–H groups in total. The topological polar surface area (TPSA) is 85.9 Å². The van der Waals surface area contributed by atoms with Crippen LogP contribution in [0.25, 0.3) is 5.57 Å². The van der Waals surface area contributed by atoms with Gasteiger partial charge in [0.1, 0.15) is 29.9 Å². The number of amides is 2. The maximum atomic E-state index is 13.3. The number of rotatable bonds is 8. The summed E-state index contributed by atoms with van der Waals surface area (Å²) < 4.78 is 37.2. The third-order valence-corrected chi connectivity index (χ3v) is 4.39. The van der Waals surface area contributed by atoms with Crippen molar-refractivity contribution in [2.75, 3.05) is 20.3 Å². The number of allylic oxidation sites excluding steroid dienone is 1. The fraction of sp³-hybridized carbons (Fsp3) is 0.238. The minimum atomic E-state index is -2.64. The Kier molecular flexibility index (Phi) is 6.43. The predicted molar refractivity (Wildman–Crippen MR) is 107 cm³/mol. The smallest absolute Gasteiger partial charge is 0.312 e. The van der Waals surface area contributed by atoms with E-state index >= 15 is 0 Å². The van der Waals surface area contributed by atoms with Crippen LogP contribution in [0.5, 0.6) is 11.5 Å². The van der Waals surface area contributed by atoms with E-state index in [2.05, 4.69) is 10.3 Å². The highest BCUT2D eigenvalue weighted by atomic mass is 19.3. The van der Waals surface area contributed by atoms with Gasteiger partial charge in [-0.15, -0.1) is 0 Å². The molecule has 2 aromatic carbocycles. The summed E-state index contributed by atoms with van der Waals surface area (Å²) in [5.74, 6) is 1.28. The monoisotopic (exact) mass is 401 g/mol. The quantitative estimate of drug-likeness (QED) is 0.663. The fourth-order valence-electron chi connectivity index (χ4n) is 2.98. The van der Waals surface area contributed by atoms with E-state index in [0.717, 1.165) is 11.1 Å². The van der Waals surface area contributed by atoms with Gasteiger partial charge in [-0.3, -0.25) is 4.99 Å². The highest BCUT2D eigenvalue weighted by Crippen LogP contribution is 2.39. The minimum Gasteiger partial charge on any atom is -0.497 e. The SMILES string of the molecule is COc1ccc(C2N=C(C(F)F)C=C2c2ccc(OCCNC(N)=O)cc2)cc1. The standard InChI is InChI=1S/C21H21F2N3O3/c1-28-15-6-4-14(5-7-15)19-17(12-18(26-19)20(22)23)13-2-8-16(9-3-13)29-11-10-25-21(24)27/h2-9,12,19-20H,10-11H2,1H3,(H3,24,25,27). The molecule has 1 atom stereocenters. The molecule has 0 radical (unpaired) electrons. The van der Waals surface area contributed by atoms with Gasteiger partial charge in [-0.05, 0) is 47.0 Å². The van der Waals surface area contributed by atoms with E-state index in [-0.39, 0.29) is 18.9 Å². The van der Waals surface area contributed by atoms with Crippen molar-refractivity contribution in [1.29, 1.82) is 0 Å². The van der Waals surface area contributed by atoms with Crippen molar-refractivity contribution in [1.82, 2.24) is 5.32 Å². The molecule has 1 aliphatic rings. The number of halogens is 2. The van der Waals surface area contributed by atoms with Crippen molar-refractivity contribution in [3.8, 4) is 11.5 Å². The van der Waals surface area contributed by atoms with Gasteiger partial charge >= 0.3 is 6.03 Å². The van der Waals surface area contributed by atoms with Gasteiger partial charge in [0, 0.05) is 0 Å². The summed E-state index contributed by atoms with van der Waals surface area (Å²) in [7, 11) is 1.57. The van der Waals surface area contributed by atoms with Gasteiger partial charge in [0.25, 0.3) is 6.43 Å². The molecule has 2 aromatic rings. The van der Waals surface area contributed by atoms with E-state index in [0.29, 0.717) is 17.1 Å². The number of nitrogens with zero attached hydrogens (tertiary/aromatic N) is 1. The third kappa shape index (κ3) is 5.10. The Hall–Kier alpha value is -3.42. The molecule has 1 unspecified atom stereocenters. The van der Waals surface area contributed by atoms with Crippen LogP contribution in [0.2, 0.25) is 0 Å². The second-order valence-electron chi connectivity index (χ2n) is 6.29. The molecule has 1 heterocycles. The first-order valence-corrected chi connectivity index (χ1v) is 8.96. The zero-order valence-corrected chi connectivity index (χ0v) is 15.8. The largest absolute Gasteiger partial charge is 0.497 e. The molecule has 1 aliphatic heterocycles. The van der Waals surface area contributed by atoms with Gasteiger partial charge in [-0.25, -0.2) is 13.6 Å². The Bertz CT molecular complexity index is 910. The molecular weight excluding hydrogens is 380 g/mol. The minimum absolute atomic E-state index is 0.237. The summed E-state index contributed by atoms with van der Waals surface area (Å²) >= 11 is 0. The van der Waals surface area contributed by atoms with Crippen molar-refractivity contribution >= 4 is 17.3 Å². The first-order valence-electron chi connectivity index (χ1n) is 8.96. The number of urea groups is 1.